The Hall–Kier alpha value is -2.11. The average molecular weight is 234 g/mol. The van der Waals surface area contributed by atoms with E-state index in [4.69, 9.17) is 0 Å². The molecule has 1 aliphatic heterocycles. The van der Waals surface area contributed by atoms with E-state index in [1.807, 2.05) is 0 Å². The first-order chi connectivity index (χ1) is 8.25. The van der Waals surface area contributed by atoms with Gasteiger partial charge in [0.1, 0.15) is 0 Å². The minimum Gasteiger partial charge on any atom is -0.356 e. The fourth-order valence-corrected chi connectivity index (χ4v) is 1.61. The molecule has 1 aromatic carbocycles. The van der Waals surface area contributed by atoms with Crippen molar-refractivity contribution in [2.24, 2.45) is 4.99 Å². The molecule has 2 rings (SSSR count). The van der Waals surface area contributed by atoms with Gasteiger partial charge in [-0.25, -0.2) is 0 Å². The van der Waals surface area contributed by atoms with Gasteiger partial charge in [-0.15, -0.1) is 0 Å². The van der Waals surface area contributed by atoms with Gasteiger partial charge in [0.15, 0.2) is 5.96 Å². The minimum absolute atomic E-state index is 0.0734. The van der Waals surface area contributed by atoms with Gasteiger partial charge in [-0.1, -0.05) is 6.07 Å². The second kappa shape index (κ2) is 5.29. The number of nitro benzene ring substituents is 1. The normalized spacial score (nSPS) is 15.4. The molecule has 17 heavy (non-hydrogen) atoms. The number of benzene rings is 1. The number of hydrogen-bond acceptors (Lipinski definition) is 5. The molecule has 0 saturated carbocycles. The molecule has 0 fully saturated rings. The Labute approximate surface area is 98.9 Å². The van der Waals surface area contributed by atoms with Gasteiger partial charge in [-0.05, 0) is 18.9 Å². The molecule has 0 radical (unpaired) electrons. The summed E-state index contributed by atoms with van der Waals surface area (Å²) in [4.78, 5) is 14.5. The quantitative estimate of drug-likeness (QED) is 0.603. The van der Waals surface area contributed by atoms with Crippen molar-refractivity contribution in [3.05, 3.63) is 34.4 Å². The van der Waals surface area contributed by atoms with Crippen LogP contribution in [0.1, 0.15) is 12.8 Å². The summed E-state index contributed by atoms with van der Waals surface area (Å²) in [6.07, 6.45) is 2.15. The van der Waals surface area contributed by atoms with Crippen molar-refractivity contribution >= 4 is 17.3 Å². The Kier molecular flexibility index (Phi) is 3.54. The van der Waals surface area contributed by atoms with Crippen LogP contribution in [0, 0.1) is 10.1 Å². The van der Waals surface area contributed by atoms with E-state index in [1.54, 1.807) is 12.1 Å². The number of nitro groups is 1. The van der Waals surface area contributed by atoms with Crippen molar-refractivity contribution in [3.8, 4) is 0 Å². The second-order valence-electron chi connectivity index (χ2n) is 3.80. The molecule has 0 spiro atoms. The number of non-ortho nitro benzene ring substituents is 1. The van der Waals surface area contributed by atoms with Crippen LogP contribution in [0.15, 0.2) is 29.3 Å². The lowest BCUT2D eigenvalue weighted by Crippen LogP contribution is -2.30. The number of hydrogen-bond donors (Lipinski definition) is 2. The maximum atomic E-state index is 10.6. The molecule has 0 unspecified atom stereocenters. The Balaban J connectivity index is 2.09. The zero-order valence-corrected chi connectivity index (χ0v) is 9.35. The van der Waals surface area contributed by atoms with Gasteiger partial charge in [0.25, 0.3) is 5.69 Å². The van der Waals surface area contributed by atoms with Crippen molar-refractivity contribution in [2.75, 3.05) is 18.4 Å². The van der Waals surface area contributed by atoms with Crippen LogP contribution in [-0.2, 0) is 0 Å². The first-order valence-electron chi connectivity index (χ1n) is 5.55. The Morgan fingerprint density at radius 1 is 1.41 bits per heavy atom. The molecule has 1 aromatic rings. The van der Waals surface area contributed by atoms with E-state index in [0.29, 0.717) is 11.6 Å². The van der Waals surface area contributed by atoms with Crippen LogP contribution in [0.2, 0.25) is 0 Å². The van der Waals surface area contributed by atoms with Crippen LogP contribution in [0.4, 0.5) is 11.4 Å². The van der Waals surface area contributed by atoms with Crippen LogP contribution in [0.25, 0.3) is 0 Å². The van der Waals surface area contributed by atoms with E-state index in [9.17, 15) is 10.1 Å². The predicted octanol–water partition coefficient (Wildman–Crippen LogP) is 1.75. The maximum absolute atomic E-state index is 10.6. The van der Waals surface area contributed by atoms with Crippen molar-refractivity contribution in [1.29, 1.82) is 0 Å². The number of anilines is 1. The molecule has 6 heteroatoms. The molecule has 0 bridgehead atoms. The topological polar surface area (TPSA) is 79.6 Å². The standard InChI is InChI=1S/C11H14N4O2/c16-15(17)10-5-3-4-9(8-10)14-11-12-6-1-2-7-13-11/h3-5,8H,1-2,6-7H2,(H2,12,13,14). The van der Waals surface area contributed by atoms with E-state index in [2.05, 4.69) is 15.6 Å². The minimum atomic E-state index is -0.409. The van der Waals surface area contributed by atoms with Crippen LogP contribution in [-0.4, -0.2) is 24.0 Å². The summed E-state index contributed by atoms with van der Waals surface area (Å²) in [5, 5.41) is 16.8. The highest BCUT2D eigenvalue weighted by Crippen LogP contribution is 2.16. The lowest BCUT2D eigenvalue weighted by molar-refractivity contribution is -0.384. The van der Waals surface area contributed by atoms with Gasteiger partial charge >= 0.3 is 0 Å². The zero-order chi connectivity index (χ0) is 12.1. The van der Waals surface area contributed by atoms with E-state index in [0.717, 1.165) is 25.9 Å². The SMILES string of the molecule is O=[N+]([O-])c1cccc(NC2=NCCCCN2)c1. The van der Waals surface area contributed by atoms with Crippen LogP contribution < -0.4 is 10.6 Å². The van der Waals surface area contributed by atoms with E-state index in [-0.39, 0.29) is 5.69 Å². The molecule has 90 valence electrons. The molecule has 0 aliphatic carbocycles. The monoisotopic (exact) mass is 234 g/mol. The summed E-state index contributed by atoms with van der Waals surface area (Å²) in [7, 11) is 0. The van der Waals surface area contributed by atoms with Crippen molar-refractivity contribution in [2.45, 2.75) is 12.8 Å². The van der Waals surface area contributed by atoms with Crippen molar-refractivity contribution in [3.63, 3.8) is 0 Å². The molecule has 1 aliphatic rings. The molecule has 1 heterocycles. The van der Waals surface area contributed by atoms with E-state index >= 15 is 0 Å². The molecule has 0 saturated heterocycles. The third kappa shape index (κ3) is 3.17. The molecule has 6 nitrogen and oxygen atoms in total. The van der Waals surface area contributed by atoms with Crippen molar-refractivity contribution < 1.29 is 4.92 Å². The Morgan fingerprint density at radius 2 is 2.29 bits per heavy atom. The van der Waals surface area contributed by atoms with Gasteiger partial charge in [0.05, 0.1) is 4.92 Å². The van der Waals surface area contributed by atoms with Gasteiger partial charge in [0, 0.05) is 30.9 Å². The number of nitrogens with zero attached hydrogens (tertiary/aromatic N) is 2. The summed E-state index contributed by atoms with van der Waals surface area (Å²) < 4.78 is 0. The smallest absolute Gasteiger partial charge is 0.271 e. The Morgan fingerprint density at radius 3 is 3.12 bits per heavy atom. The largest absolute Gasteiger partial charge is 0.356 e. The Bertz CT molecular complexity index is 445. The molecule has 0 atom stereocenters. The summed E-state index contributed by atoms with van der Waals surface area (Å²) >= 11 is 0. The second-order valence-corrected chi connectivity index (χ2v) is 3.80. The molecular weight excluding hydrogens is 220 g/mol. The number of aliphatic imine (C=N–C) groups is 1. The summed E-state index contributed by atoms with van der Waals surface area (Å²) in [6, 6.07) is 6.39. The van der Waals surface area contributed by atoms with Gasteiger partial charge < -0.3 is 10.6 Å². The maximum Gasteiger partial charge on any atom is 0.271 e. The molecule has 0 aromatic heterocycles. The summed E-state index contributed by atoms with van der Waals surface area (Å²) in [5.74, 6) is 0.683. The van der Waals surface area contributed by atoms with Crippen LogP contribution in [0.3, 0.4) is 0 Å². The highest BCUT2D eigenvalue weighted by Gasteiger charge is 2.07. The summed E-state index contributed by atoms with van der Waals surface area (Å²) in [5.41, 5.74) is 0.747. The molecule has 2 N–H and O–H groups in total. The van der Waals surface area contributed by atoms with Crippen LogP contribution >= 0.6 is 0 Å². The molecule has 0 amide bonds. The average Bonchev–Trinajstić information content (AvgIpc) is 2.58. The van der Waals surface area contributed by atoms with Gasteiger partial charge in [0.2, 0.25) is 0 Å². The van der Waals surface area contributed by atoms with Gasteiger partial charge in [-0.2, -0.15) is 0 Å². The highest BCUT2D eigenvalue weighted by atomic mass is 16.6. The first-order valence-corrected chi connectivity index (χ1v) is 5.55. The third-order valence-corrected chi connectivity index (χ3v) is 2.47. The summed E-state index contributed by atoms with van der Waals surface area (Å²) in [6.45, 7) is 1.66. The van der Waals surface area contributed by atoms with Crippen molar-refractivity contribution in [1.82, 2.24) is 5.32 Å². The fourth-order valence-electron chi connectivity index (χ4n) is 1.61. The lowest BCUT2D eigenvalue weighted by atomic mass is 10.3. The predicted molar refractivity (Wildman–Crippen MR) is 66.3 cm³/mol. The highest BCUT2D eigenvalue weighted by molar-refractivity contribution is 5.93. The first kappa shape index (κ1) is 11.4. The third-order valence-electron chi connectivity index (χ3n) is 2.47. The molecular formula is C11H14N4O2. The number of rotatable bonds is 2. The van der Waals surface area contributed by atoms with E-state index < -0.39 is 4.92 Å². The van der Waals surface area contributed by atoms with Gasteiger partial charge in [-0.3, -0.25) is 15.1 Å². The van der Waals surface area contributed by atoms with E-state index in [1.165, 1.54) is 12.1 Å². The number of guanidine groups is 1. The lowest BCUT2D eigenvalue weighted by Gasteiger charge is -2.09. The van der Waals surface area contributed by atoms with Crippen LogP contribution in [0.5, 0.6) is 0 Å². The number of nitrogens with one attached hydrogen (secondary N) is 2. The fraction of sp³-hybridized carbons (Fsp3) is 0.364. The zero-order valence-electron chi connectivity index (χ0n) is 9.35.